The minimum absolute atomic E-state index is 0.0211. The highest BCUT2D eigenvalue weighted by Gasteiger charge is 2.42. The number of fused-ring (bicyclic) bond motifs is 2. The molecular formula is C26H35N5O2S. The lowest BCUT2D eigenvalue weighted by molar-refractivity contribution is -0.133. The predicted octanol–water partition coefficient (Wildman–Crippen LogP) is 4.04. The molecule has 4 fully saturated rings. The number of urea groups is 1. The first kappa shape index (κ1) is 22.3. The van der Waals surface area contributed by atoms with Crippen LogP contribution in [0.15, 0.2) is 24.3 Å². The Morgan fingerprint density at radius 3 is 2.47 bits per heavy atom. The summed E-state index contributed by atoms with van der Waals surface area (Å²) in [5, 5.41) is 1.27. The van der Waals surface area contributed by atoms with E-state index in [1.165, 1.54) is 29.3 Å². The molecule has 0 radical (unpaired) electrons. The zero-order valence-corrected chi connectivity index (χ0v) is 20.7. The number of nitrogens with zero attached hydrogens (tertiary/aromatic N) is 5. The molecule has 3 atom stereocenters. The lowest BCUT2D eigenvalue weighted by atomic mass is 9.78. The Hall–Kier alpha value is -2.19. The van der Waals surface area contributed by atoms with Crippen molar-refractivity contribution in [2.75, 3.05) is 50.7 Å². The summed E-state index contributed by atoms with van der Waals surface area (Å²) in [5.41, 5.74) is 0. The van der Waals surface area contributed by atoms with E-state index in [0.29, 0.717) is 24.8 Å². The predicted molar refractivity (Wildman–Crippen MR) is 135 cm³/mol. The second-order valence-corrected chi connectivity index (χ2v) is 11.4. The van der Waals surface area contributed by atoms with Crippen molar-refractivity contribution in [1.29, 1.82) is 0 Å². The molecule has 6 rings (SSSR count). The SMILES string of the molecule is O=C1CC2CCCN2C(=O)N1CC1CCCCC1CN1CCN(c2nsc3ccccc23)CC1. The van der Waals surface area contributed by atoms with Gasteiger partial charge in [0.1, 0.15) is 5.82 Å². The number of anilines is 1. The van der Waals surface area contributed by atoms with Crippen LogP contribution in [0.2, 0.25) is 0 Å². The molecule has 7 nitrogen and oxygen atoms in total. The van der Waals surface area contributed by atoms with Crippen LogP contribution in [0, 0.1) is 11.8 Å². The number of imide groups is 1. The van der Waals surface area contributed by atoms with Gasteiger partial charge in [0.05, 0.1) is 4.70 Å². The fourth-order valence-corrected chi connectivity index (χ4v) is 7.42. The van der Waals surface area contributed by atoms with Gasteiger partial charge in [0.2, 0.25) is 5.91 Å². The van der Waals surface area contributed by atoms with Crippen LogP contribution in [0.25, 0.3) is 10.1 Å². The largest absolute Gasteiger partial charge is 0.353 e. The van der Waals surface area contributed by atoms with Gasteiger partial charge in [-0.1, -0.05) is 25.0 Å². The van der Waals surface area contributed by atoms with Crippen molar-refractivity contribution in [2.24, 2.45) is 11.8 Å². The van der Waals surface area contributed by atoms with Gasteiger partial charge >= 0.3 is 6.03 Å². The summed E-state index contributed by atoms with van der Waals surface area (Å²) in [6, 6.07) is 8.65. The van der Waals surface area contributed by atoms with Crippen molar-refractivity contribution >= 4 is 39.4 Å². The first-order chi connectivity index (χ1) is 16.7. The van der Waals surface area contributed by atoms with Crippen molar-refractivity contribution in [2.45, 2.75) is 51.0 Å². The second-order valence-electron chi connectivity index (χ2n) is 10.6. The summed E-state index contributed by atoms with van der Waals surface area (Å²) in [5.74, 6) is 2.19. The number of piperazine rings is 1. The number of benzene rings is 1. The first-order valence-corrected chi connectivity index (χ1v) is 13.9. The maximum absolute atomic E-state index is 13.0. The third kappa shape index (κ3) is 4.19. The van der Waals surface area contributed by atoms with Gasteiger partial charge in [-0.25, -0.2) is 4.79 Å². The van der Waals surface area contributed by atoms with Crippen LogP contribution in [0.1, 0.15) is 44.9 Å². The third-order valence-electron chi connectivity index (χ3n) is 8.57. The zero-order valence-electron chi connectivity index (χ0n) is 19.9. The molecule has 182 valence electrons. The molecule has 8 heteroatoms. The molecular weight excluding hydrogens is 446 g/mol. The van der Waals surface area contributed by atoms with Crippen LogP contribution >= 0.6 is 11.5 Å². The summed E-state index contributed by atoms with van der Waals surface area (Å²) in [6.07, 6.45) is 7.37. The summed E-state index contributed by atoms with van der Waals surface area (Å²) in [4.78, 5) is 34.5. The van der Waals surface area contributed by atoms with E-state index in [1.807, 2.05) is 4.90 Å². The lowest BCUT2D eigenvalue weighted by Crippen LogP contribution is -2.56. The summed E-state index contributed by atoms with van der Waals surface area (Å²) in [7, 11) is 0. The molecule has 1 aromatic heterocycles. The average molecular weight is 482 g/mol. The van der Waals surface area contributed by atoms with Crippen molar-refractivity contribution in [3.63, 3.8) is 0 Å². The van der Waals surface area contributed by atoms with Crippen LogP contribution in [-0.2, 0) is 4.79 Å². The molecule has 4 aliphatic rings. The van der Waals surface area contributed by atoms with Gasteiger partial charge in [-0.05, 0) is 61.2 Å². The van der Waals surface area contributed by atoms with Crippen molar-refractivity contribution in [3.05, 3.63) is 24.3 Å². The number of hydrogen-bond donors (Lipinski definition) is 0. The monoisotopic (exact) mass is 481 g/mol. The standard InChI is InChI=1S/C26H35N5O2S/c32-24-16-21-8-5-11-30(21)26(33)31(24)18-20-7-2-1-6-19(20)17-28-12-14-29(15-13-28)25-22-9-3-4-10-23(22)34-27-25/h3-4,9-10,19-21H,1-2,5-8,11-18H2. The fraction of sp³-hybridized carbons (Fsp3) is 0.654. The molecule has 3 saturated heterocycles. The number of rotatable bonds is 5. The van der Waals surface area contributed by atoms with Gasteiger partial charge in [0.25, 0.3) is 0 Å². The summed E-state index contributed by atoms with van der Waals surface area (Å²) < 4.78 is 6.01. The highest BCUT2D eigenvalue weighted by Crippen LogP contribution is 2.35. The van der Waals surface area contributed by atoms with Crippen molar-refractivity contribution in [3.8, 4) is 0 Å². The molecule has 1 aromatic carbocycles. The van der Waals surface area contributed by atoms with E-state index in [-0.39, 0.29) is 18.0 Å². The normalized spacial score (nSPS) is 28.7. The van der Waals surface area contributed by atoms with E-state index in [1.54, 1.807) is 16.4 Å². The topological polar surface area (TPSA) is 60.0 Å². The Balaban J connectivity index is 1.07. The molecule has 3 amide bonds. The molecule has 3 aliphatic heterocycles. The Morgan fingerprint density at radius 2 is 1.65 bits per heavy atom. The molecule has 1 aliphatic carbocycles. The van der Waals surface area contributed by atoms with Gasteiger partial charge in [-0.2, -0.15) is 4.37 Å². The zero-order chi connectivity index (χ0) is 23.1. The highest BCUT2D eigenvalue weighted by atomic mass is 32.1. The van der Waals surface area contributed by atoms with Crippen LogP contribution in [0.3, 0.4) is 0 Å². The van der Waals surface area contributed by atoms with Crippen LogP contribution in [0.4, 0.5) is 10.6 Å². The number of aromatic nitrogens is 1. The van der Waals surface area contributed by atoms with Crippen LogP contribution < -0.4 is 4.90 Å². The van der Waals surface area contributed by atoms with E-state index >= 15 is 0 Å². The maximum atomic E-state index is 13.0. The van der Waals surface area contributed by atoms with Crippen LogP contribution in [0.5, 0.6) is 0 Å². The van der Waals surface area contributed by atoms with E-state index in [2.05, 4.69) is 34.1 Å². The van der Waals surface area contributed by atoms with Gasteiger partial charge in [0.15, 0.2) is 0 Å². The molecule has 1 saturated carbocycles. The molecule has 4 heterocycles. The van der Waals surface area contributed by atoms with Gasteiger partial charge in [-0.3, -0.25) is 14.6 Å². The smallest absolute Gasteiger partial charge is 0.326 e. The number of carbonyl (C=O) groups excluding carboxylic acids is 2. The molecule has 0 spiro atoms. The molecule has 34 heavy (non-hydrogen) atoms. The summed E-state index contributed by atoms with van der Waals surface area (Å²) >= 11 is 1.59. The minimum Gasteiger partial charge on any atom is -0.353 e. The quantitative estimate of drug-likeness (QED) is 0.645. The van der Waals surface area contributed by atoms with Gasteiger partial charge < -0.3 is 9.80 Å². The molecule has 3 unspecified atom stereocenters. The lowest BCUT2D eigenvalue weighted by Gasteiger charge is -2.42. The van der Waals surface area contributed by atoms with Crippen LogP contribution in [-0.4, -0.2) is 82.9 Å². The molecule has 0 N–H and O–H groups in total. The first-order valence-electron chi connectivity index (χ1n) is 13.1. The van der Waals surface area contributed by atoms with Gasteiger partial charge in [-0.15, -0.1) is 0 Å². The van der Waals surface area contributed by atoms with Gasteiger partial charge in [0, 0.05) is 63.7 Å². The minimum atomic E-state index is -0.0211. The highest BCUT2D eigenvalue weighted by molar-refractivity contribution is 7.13. The number of hydrogen-bond acceptors (Lipinski definition) is 6. The van der Waals surface area contributed by atoms with Crippen molar-refractivity contribution < 1.29 is 9.59 Å². The number of carbonyl (C=O) groups is 2. The third-order valence-corrected chi connectivity index (χ3v) is 9.39. The average Bonchev–Trinajstić information content (AvgIpc) is 3.50. The van der Waals surface area contributed by atoms with E-state index in [9.17, 15) is 9.59 Å². The molecule has 2 aromatic rings. The molecule has 0 bridgehead atoms. The van der Waals surface area contributed by atoms with E-state index in [0.717, 1.165) is 64.3 Å². The Morgan fingerprint density at radius 1 is 0.882 bits per heavy atom. The Bertz CT molecular complexity index is 1050. The van der Waals surface area contributed by atoms with E-state index < -0.39 is 0 Å². The van der Waals surface area contributed by atoms with Crippen molar-refractivity contribution in [1.82, 2.24) is 19.1 Å². The second kappa shape index (κ2) is 9.46. The summed E-state index contributed by atoms with van der Waals surface area (Å²) in [6.45, 7) is 6.63. The maximum Gasteiger partial charge on any atom is 0.326 e. The van der Waals surface area contributed by atoms with E-state index in [4.69, 9.17) is 4.37 Å². The Kier molecular flexibility index (Phi) is 6.20. The number of amides is 3. The fourth-order valence-electron chi connectivity index (χ4n) is 6.63. The Labute approximate surface area is 205 Å².